The van der Waals surface area contributed by atoms with Gasteiger partial charge in [0.2, 0.25) is 0 Å². The van der Waals surface area contributed by atoms with E-state index in [4.69, 9.17) is 9.73 Å². The van der Waals surface area contributed by atoms with E-state index in [1.807, 2.05) is 0 Å². The highest BCUT2D eigenvalue weighted by Gasteiger charge is 2.27. The number of hydrogen-bond acceptors (Lipinski definition) is 5. The van der Waals surface area contributed by atoms with Crippen LogP contribution in [0.4, 0.5) is 0 Å². The lowest BCUT2D eigenvalue weighted by Crippen LogP contribution is -2.53. The summed E-state index contributed by atoms with van der Waals surface area (Å²) >= 11 is 0. The number of aliphatic imine (C=N–C) groups is 1. The fourth-order valence-electron chi connectivity index (χ4n) is 4.91. The maximum absolute atomic E-state index is 5.60. The van der Waals surface area contributed by atoms with Crippen molar-refractivity contribution in [2.75, 3.05) is 85.2 Å². The molecule has 0 saturated carbocycles. The van der Waals surface area contributed by atoms with Crippen molar-refractivity contribution in [1.82, 2.24) is 25.3 Å². The van der Waals surface area contributed by atoms with Crippen molar-refractivity contribution in [2.45, 2.75) is 53.5 Å². The molecule has 0 radical (unpaired) electrons. The van der Waals surface area contributed by atoms with E-state index in [2.05, 4.69) is 60.0 Å². The van der Waals surface area contributed by atoms with Crippen molar-refractivity contribution in [3.05, 3.63) is 0 Å². The van der Waals surface area contributed by atoms with Crippen LogP contribution in [-0.2, 0) is 4.74 Å². The molecule has 8 heteroatoms. The van der Waals surface area contributed by atoms with E-state index in [9.17, 15) is 0 Å². The molecule has 190 valence electrons. The average molecular weight is 567 g/mol. The summed E-state index contributed by atoms with van der Waals surface area (Å²) in [4.78, 5) is 12.7. The maximum atomic E-state index is 5.60. The van der Waals surface area contributed by atoms with Gasteiger partial charge in [0.05, 0.1) is 13.2 Å². The van der Waals surface area contributed by atoms with E-state index in [-0.39, 0.29) is 24.0 Å². The smallest absolute Gasteiger partial charge is 0.191 e. The molecule has 2 unspecified atom stereocenters. The second-order valence-electron chi connectivity index (χ2n) is 9.23. The molecule has 0 aliphatic carbocycles. The van der Waals surface area contributed by atoms with Gasteiger partial charge in [-0.05, 0) is 25.3 Å². The van der Waals surface area contributed by atoms with Crippen LogP contribution in [0, 0.1) is 11.8 Å². The first-order valence-electron chi connectivity index (χ1n) is 12.9. The van der Waals surface area contributed by atoms with Gasteiger partial charge in [0, 0.05) is 71.5 Å². The molecule has 7 nitrogen and oxygen atoms in total. The van der Waals surface area contributed by atoms with Crippen molar-refractivity contribution in [2.24, 2.45) is 16.8 Å². The largest absolute Gasteiger partial charge is 0.379 e. The van der Waals surface area contributed by atoms with Crippen LogP contribution in [0.1, 0.15) is 47.5 Å². The van der Waals surface area contributed by atoms with Gasteiger partial charge in [-0.25, -0.2) is 0 Å². The molecule has 2 rings (SSSR count). The Morgan fingerprint density at radius 1 is 0.906 bits per heavy atom. The van der Waals surface area contributed by atoms with Gasteiger partial charge in [0.1, 0.15) is 0 Å². The minimum Gasteiger partial charge on any atom is -0.379 e. The third-order valence-corrected chi connectivity index (χ3v) is 6.97. The zero-order valence-electron chi connectivity index (χ0n) is 21.4. The monoisotopic (exact) mass is 566 g/mol. The Bertz CT molecular complexity index is 491. The van der Waals surface area contributed by atoms with Gasteiger partial charge < -0.3 is 25.2 Å². The third-order valence-electron chi connectivity index (χ3n) is 6.97. The van der Waals surface area contributed by atoms with Crippen LogP contribution >= 0.6 is 24.0 Å². The van der Waals surface area contributed by atoms with Crippen LogP contribution in [0.25, 0.3) is 0 Å². The van der Waals surface area contributed by atoms with E-state index in [1.54, 1.807) is 0 Å². The second-order valence-corrected chi connectivity index (χ2v) is 9.23. The average Bonchev–Trinajstić information content (AvgIpc) is 2.81. The molecule has 0 aromatic carbocycles. The number of morpholine rings is 1. The van der Waals surface area contributed by atoms with Crippen molar-refractivity contribution in [1.29, 1.82) is 0 Å². The molecule has 0 aromatic rings. The number of piperazine rings is 1. The predicted molar refractivity (Wildman–Crippen MR) is 147 cm³/mol. The predicted octanol–water partition coefficient (Wildman–Crippen LogP) is 2.57. The Balaban J connectivity index is 0.00000512. The number of nitrogens with one attached hydrogen (secondary N) is 2. The number of ether oxygens (including phenoxy) is 1. The van der Waals surface area contributed by atoms with Gasteiger partial charge in [-0.15, -0.1) is 24.0 Å². The molecule has 2 fully saturated rings. The van der Waals surface area contributed by atoms with Crippen LogP contribution in [-0.4, -0.2) is 112 Å². The minimum atomic E-state index is 0. The van der Waals surface area contributed by atoms with Gasteiger partial charge in [-0.2, -0.15) is 0 Å². The number of guanidine groups is 1. The highest BCUT2D eigenvalue weighted by atomic mass is 127. The van der Waals surface area contributed by atoms with E-state index >= 15 is 0 Å². The Kier molecular flexibility index (Phi) is 16.2. The summed E-state index contributed by atoms with van der Waals surface area (Å²) < 4.78 is 5.60. The van der Waals surface area contributed by atoms with E-state index in [0.29, 0.717) is 17.9 Å². The summed E-state index contributed by atoms with van der Waals surface area (Å²) in [6.45, 7) is 25.0. The van der Waals surface area contributed by atoms with E-state index in [1.165, 1.54) is 45.6 Å². The first-order valence-corrected chi connectivity index (χ1v) is 12.9. The van der Waals surface area contributed by atoms with Crippen LogP contribution < -0.4 is 10.6 Å². The van der Waals surface area contributed by atoms with Crippen molar-refractivity contribution >= 4 is 29.9 Å². The highest BCUT2D eigenvalue weighted by Crippen LogP contribution is 2.19. The number of hydrogen-bond donors (Lipinski definition) is 2. The molecule has 2 saturated heterocycles. The standard InChI is InChI=1S/C24H50N6O.HI/c1-6-22(7-2)23(30-14-16-31-17-15-30)19-27-24(25-8-3)26-18-21(5)20-29-12-10-28(9-4)11-13-29;/h21-23H,6-20H2,1-5H3,(H2,25,26,27);1H. The normalized spacial score (nSPS) is 21.2. The lowest BCUT2D eigenvalue weighted by Gasteiger charge is -2.39. The topological polar surface area (TPSA) is 55.4 Å². The Morgan fingerprint density at radius 3 is 2.09 bits per heavy atom. The van der Waals surface area contributed by atoms with Crippen LogP contribution in [0.3, 0.4) is 0 Å². The van der Waals surface area contributed by atoms with Crippen LogP contribution in [0.15, 0.2) is 4.99 Å². The molecule has 32 heavy (non-hydrogen) atoms. The molecule has 0 bridgehead atoms. The van der Waals surface area contributed by atoms with Gasteiger partial charge in [-0.3, -0.25) is 9.89 Å². The Morgan fingerprint density at radius 2 is 1.53 bits per heavy atom. The summed E-state index contributed by atoms with van der Waals surface area (Å²) in [5, 5.41) is 7.14. The molecule has 2 atom stereocenters. The van der Waals surface area contributed by atoms with Gasteiger partial charge >= 0.3 is 0 Å². The number of nitrogens with zero attached hydrogens (tertiary/aromatic N) is 4. The fourth-order valence-corrected chi connectivity index (χ4v) is 4.91. The minimum absolute atomic E-state index is 0. The number of rotatable bonds is 12. The quantitative estimate of drug-likeness (QED) is 0.215. The SMILES string of the molecule is CCNC(=NCC(C)CN1CCN(CC)CC1)NCC(C(CC)CC)N1CCOCC1.I. The van der Waals surface area contributed by atoms with Crippen LogP contribution in [0.5, 0.6) is 0 Å². The Labute approximate surface area is 215 Å². The fraction of sp³-hybridized carbons (Fsp3) is 0.958. The third kappa shape index (κ3) is 10.4. The molecule has 2 aliphatic heterocycles. The zero-order chi connectivity index (χ0) is 22.5. The van der Waals surface area contributed by atoms with Crippen molar-refractivity contribution in [3.63, 3.8) is 0 Å². The lowest BCUT2D eigenvalue weighted by atomic mass is 9.92. The zero-order valence-corrected chi connectivity index (χ0v) is 23.8. The van der Waals surface area contributed by atoms with Crippen LogP contribution in [0.2, 0.25) is 0 Å². The van der Waals surface area contributed by atoms with Gasteiger partial charge in [-0.1, -0.05) is 40.5 Å². The Hall–Kier alpha value is -0.160. The molecule has 2 heterocycles. The van der Waals surface area contributed by atoms with Gasteiger partial charge in [0.25, 0.3) is 0 Å². The first-order chi connectivity index (χ1) is 15.1. The summed E-state index contributed by atoms with van der Waals surface area (Å²) in [5.41, 5.74) is 0. The van der Waals surface area contributed by atoms with Crippen molar-refractivity contribution in [3.8, 4) is 0 Å². The molecule has 0 amide bonds. The number of likely N-dealkylation sites (N-methyl/N-ethyl adjacent to an activating group) is 1. The molecule has 2 aliphatic rings. The van der Waals surface area contributed by atoms with E-state index < -0.39 is 0 Å². The summed E-state index contributed by atoms with van der Waals surface area (Å²) in [5.74, 6) is 2.24. The molecular weight excluding hydrogens is 515 g/mol. The lowest BCUT2D eigenvalue weighted by molar-refractivity contribution is 0.00272. The summed E-state index contributed by atoms with van der Waals surface area (Å²) in [7, 11) is 0. The summed E-state index contributed by atoms with van der Waals surface area (Å²) in [6.07, 6.45) is 2.44. The number of halogens is 1. The van der Waals surface area contributed by atoms with E-state index in [0.717, 1.165) is 58.4 Å². The van der Waals surface area contributed by atoms with Crippen molar-refractivity contribution < 1.29 is 4.74 Å². The molecule has 0 spiro atoms. The second kappa shape index (κ2) is 17.3. The summed E-state index contributed by atoms with van der Waals surface area (Å²) in [6, 6.07) is 0.537. The maximum Gasteiger partial charge on any atom is 0.191 e. The molecule has 2 N–H and O–H groups in total. The molecule has 0 aromatic heterocycles. The molecular formula is C24H51IN6O. The first kappa shape index (κ1) is 29.9. The highest BCUT2D eigenvalue weighted by molar-refractivity contribution is 14.0. The van der Waals surface area contributed by atoms with Gasteiger partial charge in [0.15, 0.2) is 5.96 Å².